The topological polar surface area (TPSA) is 122 Å². The lowest BCUT2D eigenvalue weighted by molar-refractivity contribution is 0.0681. The summed E-state index contributed by atoms with van der Waals surface area (Å²) < 4.78 is 5.41. The van der Waals surface area contributed by atoms with Gasteiger partial charge in [-0.2, -0.15) is 4.98 Å². The van der Waals surface area contributed by atoms with E-state index in [4.69, 9.17) is 10.5 Å². The van der Waals surface area contributed by atoms with Crippen LogP contribution in [0.1, 0.15) is 55.3 Å². The van der Waals surface area contributed by atoms with Gasteiger partial charge in [-0.15, -0.1) is 0 Å². The van der Waals surface area contributed by atoms with Crippen molar-refractivity contribution in [2.24, 2.45) is 11.7 Å². The number of primary amides is 1. The molecule has 3 rings (SSSR count). The fourth-order valence-corrected chi connectivity index (χ4v) is 3.93. The van der Waals surface area contributed by atoms with Crippen molar-refractivity contribution in [3.63, 3.8) is 0 Å². The summed E-state index contributed by atoms with van der Waals surface area (Å²) in [5.74, 6) is 0.788. The van der Waals surface area contributed by atoms with E-state index in [9.17, 15) is 9.90 Å². The van der Waals surface area contributed by atoms with Gasteiger partial charge in [0, 0.05) is 32.0 Å². The number of rotatable bonds is 7. The molecule has 0 aromatic carbocycles. The first-order valence-corrected chi connectivity index (χ1v) is 9.42. The van der Waals surface area contributed by atoms with Crippen LogP contribution in [0, 0.1) is 5.92 Å². The van der Waals surface area contributed by atoms with E-state index in [0.29, 0.717) is 29.4 Å². The summed E-state index contributed by atoms with van der Waals surface area (Å²) in [6, 6.07) is 0.490. The van der Waals surface area contributed by atoms with Crippen LogP contribution >= 0.6 is 0 Å². The maximum atomic E-state index is 11.7. The maximum Gasteiger partial charge on any atom is 0.254 e. The van der Waals surface area contributed by atoms with Crippen molar-refractivity contribution in [1.29, 1.82) is 0 Å². The van der Waals surface area contributed by atoms with Gasteiger partial charge >= 0.3 is 0 Å². The third-order valence-electron chi connectivity index (χ3n) is 5.54. The van der Waals surface area contributed by atoms with Crippen LogP contribution in [0.4, 0.5) is 11.8 Å². The second-order valence-corrected chi connectivity index (χ2v) is 7.38. The lowest BCUT2D eigenvalue weighted by Crippen LogP contribution is -2.31. The van der Waals surface area contributed by atoms with Crippen molar-refractivity contribution in [1.82, 2.24) is 9.97 Å². The van der Waals surface area contributed by atoms with Crippen LogP contribution in [0.3, 0.4) is 0 Å². The van der Waals surface area contributed by atoms with Gasteiger partial charge in [-0.3, -0.25) is 4.79 Å². The molecule has 26 heavy (non-hydrogen) atoms. The molecule has 0 spiro atoms. The molecule has 2 aliphatic rings. The highest BCUT2D eigenvalue weighted by Crippen LogP contribution is 2.28. The van der Waals surface area contributed by atoms with Crippen LogP contribution < -0.4 is 16.4 Å². The zero-order chi connectivity index (χ0) is 18.5. The molecule has 0 radical (unpaired) electrons. The molecule has 2 saturated carbocycles. The summed E-state index contributed by atoms with van der Waals surface area (Å²) in [5, 5.41) is 16.0. The number of carbonyl (C=O) groups excluding carboxylic acids is 1. The number of aliphatic hydroxyl groups is 1. The smallest absolute Gasteiger partial charge is 0.254 e. The number of nitrogens with zero attached hydrogens (tertiary/aromatic N) is 2. The molecule has 144 valence electrons. The van der Waals surface area contributed by atoms with E-state index in [-0.39, 0.29) is 18.7 Å². The zero-order valence-electron chi connectivity index (χ0n) is 15.3. The Hall–Kier alpha value is -1.93. The lowest BCUT2D eigenvalue weighted by Gasteiger charge is -2.29. The van der Waals surface area contributed by atoms with Crippen molar-refractivity contribution in [3.05, 3.63) is 11.8 Å². The van der Waals surface area contributed by atoms with E-state index in [1.165, 1.54) is 6.20 Å². The third kappa shape index (κ3) is 4.62. The van der Waals surface area contributed by atoms with Crippen molar-refractivity contribution in [3.8, 4) is 0 Å². The lowest BCUT2D eigenvalue weighted by atomic mass is 9.93. The Balaban J connectivity index is 1.67. The zero-order valence-corrected chi connectivity index (χ0v) is 15.3. The SMILES string of the molecule is COC1CCC(Nc2nc(N[C@@H]3CC[C@@H](CO)C3)ncc2C(N)=O)CC1. The molecule has 2 atom stereocenters. The Bertz CT molecular complexity index is 619. The van der Waals surface area contributed by atoms with E-state index in [1.807, 2.05) is 0 Å². The monoisotopic (exact) mass is 363 g/mol. The number of nitrogens with two attached hydrogens (primary N) is 1. The van der Waals surface area contributed by atoms with Gasteiger partial charge in [0.15, 0.2) is 0 Å². The minimum atomic E-state index is -0.536. The van der Waals surface area contributed by atoms with Crippen LogP contribution in [0.5, 0.6) is 0 Å². The molecule has 0 unspecified atom stereocenters. The molecule has 5 N–H and O–H groups in total. The normalized spacial score (nSPS) is 28.7. The second-order valence-electron chi connectivity index (χ2n) is 7.38. The maximum absolute atomic E-state index is 11.7. The van der Waals surface area contributed by atoms with E-state index in [0.717, 1.165) is 44.9 Å². The molecule has 8 heteroatoms. The number of aliphatic hydroxyl groups excluding tert-OH is 1. The standard InChI is InChI=1S/C18H29N5O3/c1-26-14-6-4-12(5-7-14)21-17-15(16(19)25)9-20-18(23-17)22-13-3-2-11(8-13)10-24/h9,11-14,24H,2-8,10H2,1H3,(H2,19,25)(H2,20,21,22,23)/t11-,12?,13-,14?/m1/s1. The molecule has 0 bridgehead atoms. The minimum Gasteiger partial charge on any atom is -0.396 e. The fraction of sp³-hybridized carbons (Fsp3) is 0.722. The first-order chi connectivity index (χ1) is 12.6. The van der Waals surface area contributed by atoms with Crippen LogP contribution in [-0.2, 0) is 4.74 Å². The first kappa shape index (κ1) is 18.8. The number of hydrogen-bond acceptors (Lipinski definition) is 7. The van der Waals surface area contributed by atoms with E-state index >= 15 is 0 Å². The molecule has 8 nitrogen and oxygen atoms in total. The number of amides is 1. The summed E-state index contributed by atoms with van der Waals surface area (Å²) in [6.07, 6.45) is 8.59. The van der Waals surface area contributed by atoms with Gasteiger partial charge in [-0.1, -0.05) is 0 Å². The molecule has 1 amide bonds. The first-order valence-electron chi connectivity index (χ1n) is 9.42. The molecule has 0 aliphatic heterocycles. The van der Waals surface area contributed by atoms with E-state index in [1.54, 1.807) is 7.11 Å². The number of anilines is 2. The molecule has 2 fully saturated rings. The molecular weight excluding hydrogens is 334 g/mol. The summed E-state index contributed by atoms with van der Waals surface area (Å²) in [4.78, 5) is 20.5. The Labute approximate surface area is 153 Å². The largest absolute Gasteiger partial charge is 0.396 e. The Morgan fingerprint density at radius 3 is 2.58 bits per heavy atom. The highest BCUT2D eigenvalue weighted by atomic mass is 16.5. The van der Waals surface area contributed by atoms with Crippen LogP contribution in [0.15, 0.2) is 6.20 Å². The summed E-state index contributed by atoms with van der Waals surface area (Å²) in [6.45, 7) is 0.219. The van der Waals surface area contributed by atoms with Crippen molar-refractivity contribution in [2.45, 2.75) is 63.1 Å². The highest BCUT2D eigenvalue weighted by molar-refractivity contribution is 5.97. The number of hydrogen-bond donors (Lipinski definition) is 4. The fourth-order valence-electron chi connectivity index (χ4n) is 3.93. The van der Waals surface area contributed by atoms with Crippen molar-refractivity contribution < 1.29 is 14.6 Å². The average molecular weight is 363 g/mol. The summed E-state index contributed by atoms with van der Waals surface area (Å²) in [7, 11) is 1.75. The van der Waals surface area contributed by atoms with Gasteiger partial charge in [-0.25, -0.2) is 4.98 Å². The van der Waals surface area contributed by atoms with Gasteiger partial charge in [0.05, 0.1) is 11.7 Å². The molecule has 0 saturated heterocycles. The van der Waals surface area contributed by atoms with Gasteiger partial charge in [-0.05, 0) is 50.9 Å². The number of ether oxygens (including phenoxy) is 1. The number of carbonyl (C=O) groups is 1. The predicted molar refractivity (Wildman–Crippen MR) is 99.1 cm³/mol. The quantitative estimate of drug-likeness (QED) is 0.579. The summed E-state index contributed by atoms with van der Waals surface area (Å²) in [5.41, 5.74) is 5.80. The predicted octanol–water partition coefficient (Wildman–Crippen LogP) is 1.52. The van der Waals surface area contributed by atoms with E-state index in [2.05, 4.69) is 20.6 Å². The molecule has 1 aromatic heterocycles. The highest BCUT2D eigenvalue weighted by Gasteiger charge is 2.26. The second kappa shape index (κ2) is 8.64. The molecule has 1 aromatic rings. The number of nitrogens with one attached hydrogen (secondary N) is 2. The van der Waals surface area contributed by atoms with Gasteiger partial charge < -0.3 is 26.2 Å². The molecular formula is C18H29N5O3. The number of methoxy groups -OCH3 is 1. The Morgan fingerprint density at radius 1 is 1.23 bits per heavy atom. The van der Waals surface area contributed by atoms with Gasteiger partial charge in [0.1, 0.15) is 5.82 Å². The van der Waals surface area contributed by atoms with Crippen LogP contribution in [0.2, 0.25) is 0 Å². The Kier molecular flexibility index (Phi) is 6.26. The molecule has 2 aliphatic carbocycles. The summed E-state index contributed by atoms with van der Waals surface area (Å²) >= 11 is 0. The van der Waals surface area contributed by atoms with Crippen LogP contribution in [-0.4, -0.2) is 52.9 Å². The van der Waals surface area contributed by atoms with Crippen molar-refractivity contribution >= 4 is 17.7 Å². The number of aromatic nitrogens is 2. The average Bonchev–Trinajstić information content (AvgIpc) is 3.10. The van der Waals surface area contributed by atoms with E-state index < -0.39 is 5.91 Å². The van der Waals surface area contributed by atoms with Crippen LogP contribution in [0.25, 0.3) is 0 Å². The minimum absolute atomic E-state index is 0.219. The van der Waals surface area contributed by atoms with Gasteiger partial charge in [0.25, 0.3) is 5.91 Å². The third-order valence-corrected chi connectivity index (χ3v) is 5.54. The van der Waals surface area contributed by atoms with Gasteiger partial charge in [0.2, 0.25) is 5.95 Å². The molecule has 1 heterocycles. The van der Waals surface area contributed by atoms with Crippen molar-refractivity contribution in [2.75, 3.05) is 24.4 Å². The Morgan fingerprint density at radius 2 is 1.96 bits per heavy atom.